The summed E-state index contributed by atoms with van der Waals surface area (Å²) in [7, 11) is 4.17. The van der Waals surface area contributed by atoms with Gasteiger partial charge in [0.1, 0.15) is 0 Å². The third-order valence-electron chi connectivity index (χ3n) is 4.73. The Labute approximate surface area is 122 Å². The van der Waals surface area contributed by atoms with Gasteiger partial charge in [-0.2, -0.15) is 0 Å². The Morgan fingerprint density at radius 1 is 1.05 bits per heavy atom. The van der Waals surface area contributed by atoms with Crippen LogP contribution in [0.25, 0.3) is 0 Å². The van der Waals surface area contributed by atoms with Gasteiger partial charge in [-0.1, -0.05) is 18.6 Å². The van der Waals surface area contributed by atoms with Crippen LogP contribution in [-0.4, -0.2) is 37.6 Å². The minimum atomic E-state index is 0.281. The van der Waals surface area contributed by atoms with Crippen molar-refractivity contribution in [3.8, 4) is 0 Å². The summed E-state index contributed by atoms with van der Waals surface area (Å²) in [5.41, 5.74) is 9.17. The Balaban J connectivity index is 1.86. The van der Waals surface area contributed by atoms with Gasteiger partial charge in [-0.15, -0.1) is 0 Å². The number of benzene rings is 1. The molecule has 110 valence electrons. The lowest BCUT2D eigenvalue weighted by Crippen LogP contribution is -2.41. The van der Waals surface area contributed by atoms with E-state index in [1.54, 1.807) is 0 Å². The third kappa shape index (κ3) is 2.84. The highest BCUT2D eigenvalue weighted by Crippen LogP contribution is 2.38. The minimum Gasteiger partial charge on any atom is -0.378 e. The van der Waals surface area contributed by atoms with Crippen LogP contribution in [0.1, 0.15) is 43.7 Å². The average Bonchev–Trinajstić information content (AvgIpc) is 3.26. The molecule has 1 saturated heterocycles. The zero-order chi connectivity index (χ0) is 14.1. The normalized spacial score (nSPS) is 28.1. The number of hydrogen-bond acceptors (Lipinski definition) is 3. The van der Waals surface area contributed by atoms with Gasteiger partial charge in [0, 0.05) is 31.9 Å². The Bertz CT molecular complexity index is 436. The van der Waals surface area contributed by atoms with Crippen molar-refractivity contribution in [2.24, 2.45) is 5.73 Å². The molecule has 0 amide bonds. The maximum absolute atomic E-state index is 6.51. The predicted molar refractivity (Wildman–Crippen MR) is 85.1 cm³/mol. The first-order chi connectivity index (χ1) is 9.66. The van der Waals surface area contributed by atoms with E-state index in [2.05, 4.69) is 48.2 Å². The Morgan fingerprint density at radius 2 is 1.75 bits per heavy atom. The molecule has 2 aliphatic rings. The quantitative estimate of drug-likeness (QED) is 0.919. The van der Waals surface area contributed by atoms with E-state index >= 15 is 0 Å². The van der Waals surface area contributed by atoms with Gasteiger partial charge in [0.05, 0.1) is 6.04 Å². The number of anilines is 1. The molecule has 3 nitrogen and oxygen atoms in total. The molecule has 0 radical (unpaired) electrons. The molecule has 1 heterocycles. The molecule has 2 unspecified atom stereocenters. The van der Waals surface area contributed by atoms with Crippen LogP contribution in [0.2, 0.25) is 0 Å². The zero-order valence-corrected chi connectivity index (χ0v) is 12.8. The first kappa shape index (κ1) is 13.9. The standard InChI is InChI=1S/C17H27N3/c1-19(2)14-8-6-13(7-9-14)17-16(18)5-3-4-12-20(17)15-10-11-15/h6-9,15-17H,3-5,10-12,18H2,1-2H3. The number of rotatable bonds is 3. The molecule has 2 atom stereocenters. The summed E-state index contributed by atoms with van der Waals surface area (Å²) in [6.45, 7) is 1.22. The molecule has 0 bridgehead atoms. The van der Waals surface area contributed by atoms with E-state index in [1.165, 1.54) is 43.5 Å². The maximum Gasteiger partial charge on any atom is 0.0502 e. The number of likely N-dealkylation sites (tertiary alicyclic amines) is 1. The summed E-state index contributed by atoms with van der Waals surface area (Å²) in [5, 5.41) is 0. The molecule has 2 N–H and O–H groups in total. The number of nitrogens with zero attached hydrogens (tertiary/aromatic N) is 2. The molecule has 20 heavy (non-hydrogen) atoms. The van der Waals surface area contributed by atoms with E-state index in [0.29, 0.717) is 6.04 Å². The third-order valence-corrected chi connectivity index (χ3v) is 4.73. The summed E-state index contributed by atoms with van der Waals surface area (Å²) in [4.78, 5) is 4.83. The molecule has 1 saturated carbocycles. The highest BCUT2D eigenvalue weighted by Gasteiger charge is 2.38. The summed E-state index contributed by atoms with van der Waals surface area (Å²) in [6, 6.07) is 10.5. The lowest BCUT2D eigenvalue weighted by Gasteiger charge is -2.34. The zero-order valence-electron chi connectivity index (χ0n) is 12.8. The van der Waals surface area contributed by atoms with Gasteiger partial charge >= 0.3 is 0 Å². The molecule has 1 aliphatic carbocycles. The highest BCUT2D eigenvalue weighted by atomic mass is 15.2. The van der Waals surface area contributed by atoms with E-state index in [-0.39, 0.29) is 6.04 Å². The van der Waals surface area contributed by atoms with Gasteiger partial charge in [0.25, 0.3) is 0 Å². The molecular formula is C17H27N3. The van der Waals surface area contributed by atoms with E-state index in [1.807, 2.05) is 0 Å². The van der Waals surface area contributed by atoms with Crippen LogP contribution >= 0.6 is 0 Å². The molecular weight excluding hydrogens is 246 g/mol. The first-order valence-electron chi connectivity index (χ1n) is 7.95. The second-order valence-corrected chi connectivity index (χ2v) is 6.56. The van der Waals surface area contributed by atoms with Crippen molar-refractivity contribution in [1.29, 1.82) is 0 Å². The van der Waals surface area contributed by atoms with Crippen LogP contribution in [0, 0.1) is 0 Å². The van der Waals surface area contributed by atoms with Gasteiger partial charge in [-0.3, -0.25) is 4.90 Å². The van der Waals surface area contributed by atoms with Crippen molar-refractivity contribution in [3.63, 3.8) is 0 Å². The Morgan fingerprint density at radius 3 is 2.35 bits per heavy atom. The van der Waals surface area contributed by atoms with Crippen LogP contribution in [-0.2, 0) is 0 Å². The molecule has 0 spiro atoms. The topological polar surface area (TPSA) is 32.5 Å². The van der Waals surface area contributed by atoms with E-state index in [0.717, 1.165) is 12.5 Å². The molecule has 1 aromatic carbocycles. The second-order valence-electron chi connectivity index (χ2n) is 6.56. The van der Waals surface area contributed by atoms with Crippen LogP contribution < -0.4 is 10.6 Å². The highest BCUT2D eigenvalue weighted by molar-refractivity contribution is 5.46. The van der Waals surface area contributed by atoms with Crippen LogP contribution in [0.4, 0.5) is 5.69 Å². The van der Waals surface area contributed by atoms with Crippen molar-refractivity contribution < 1.29 is 0 Å². The molecule has 1 aliphatic heterocycles. The first-order valence-corrected chi connectivity index (χ1v) is 7.95. The molecule has 3 rings (SSSR count). The van der Waals surface area contributed by atoms with Crippen LogP contribution in [0.5, 0.6) is 0 Å². The fraction of sp³-hybridized carbons (Fsp3) is 0.647. The summed E-state index contributed by atoms with van der Waals surface area (Å²) in [5.74, 6) is 0. The Hall–Kier alpha value is -1.06. The predicted octanol–water partition coefficient (Wildman–Crippen LogP) is 2.77. The minimum absolute atomic E-state index is 0.281. The lowest BCUT2D eigenvalue weighted by atomic mass is 9.96. The molecule has 3 heteroatoms. The van der Waals surface area contributed by atoms with Crippen molar-refractivity contribution >= 4 is 5.69 Å². The number of nitrogens with two attached hydrogens (primary N) is 1. The van der Waals surface area contributed by atoms with Gasteiger partial charge in [0.2, 0.25) is 0 Å². The van der Waals surface area contributed by atoms with E-state index < -0.39 is 0 Å². The average molecular weight is 273 g/mol. The van der Waals surface area contributed by atoms with Gasteiger partial charge in [0.15, 0.2) is 0 Å². The second kappa shape index (κ2) is 5.74. The number of hydrogen-bond donors (Lipinski definition) is 1. The lowest BCUT2D eigenvalue weighted by molar-refractivity contribution is 0.175. The summed E-state index contributed by atoms with van der Waals surface area (Å²) >= 11 is 0. The SMILES string of the molecule is CN(C)c1ccc(C2C(N)CCCCN2C2CC2)cc1. The smallest absolute Gasteiger partial charge is 0.0502 e. The Kier molecular flexibility index (Phi) is 3.99. The van der Waals surface area contributed by atoms with E-state index in [4.69, 9.17) is 5.73 Å². The van der Waals surface area contributed by atoms with Crippen molar-refractivity contribution in [2.45, 2.75) is 50.2 Å². The van der Waals surface area contributed by atoms with Gasteiger partial charge in [-0.25, -0.2) is 0 Å². The van der Waals surface area contributed by atoms with E-state index in [9.17, 15) is 0 Å². The summed E-state index contributed by atoms with van der Waals surface area (Å²) in [6.07, 6.45) is 6.45. The van der Waals surface area contributed by atoms with Gasteiger partial charge < -0.3 is 10.6 Å². The largest absolute Gasteiger partial charge is 0.378 e. The van der Waals surface area contributed by atoms with Crippen molar-refractivity contribution in [2.75, 3.05) is 25.5 Å². The molecule has 2 fully saturated rings. The van der Waals surface area contributed by atoms with Gasteiger partial charge in [-0.05, 0) is 49.9 Å². The fourth-order valence-corrected chi connectivity index (χ4v) is 3.44. The summed E-state index contributed by atoms with van der Waals surface area (Å²) < 4.78 is 0. The maximum atomic E-state index is 6.51. The monoisotopic (exact) mass is 273 g/mol. The fourth-order valence-electron chi connectivity index (χ4n) is 3.44. The van der Waals surface area contributed by atoms with Crippen molar-refractivity contribution in [1.82, 2.24) is 4.90 Å². The van der Waals surface area contributed by atoms with Crippen LogP contribution in [0.15, 0.2) is 24.3 Å². The molecule has 1 aromatic rings. The molecule has 0 aromatic heterocycles. The van der Waals surface area contributed by atoms with Crippen molar-refractivity contribution in [3.05, 3.63) is 29.8 Å². The van der Waals surface area contributed by atoms with Crippen LogP contribution in [0.3, 0.4) is 0 Å².